The number of hydrogen-bond acceptors (Lipinski definition) is 3. The van der Waals surface area contributed by atoms with Crippen molar-refractivity contribution in [2.24, 2.45) is 11.7 Å². The fourth-order valence-electron chi connectivity index (χ4n) is 3.14. The van der Waals surface area contributed by atoms with Gasteiger partial charge in [-0.2, -0.15) is 5.10 Å². The smallest absolute Gasteiger partial charge is 0.226 e. The normalized spacial score (nSPS) is 19.6. The van der Waals surface area contributed by atoms with E-state index in [9.17, 15) is 4.79 Å². The highest BCUT2D eigenvalue weighted by molar-refractivity contribution is 5.79. The Morgan fingerprint density at radius 1 is 1.39 bits per heavy atom. The molecular formula is C18H24N4O. The third-order valence-electron chi connectivity index (χ3n) is 4.61. The molecule has 23 heavy (non-hydrogen) atoms. The van der Waals surface area contributed by atoms with Crippen LogP contribution >= 0.6 is 0 Å². The molecule has 3 rings (SSSR count). The molecule has 5 nitrogen and oxygen atoms in total. The molecule has 0 unspecified atom stereocenters. The van der Waals surface area contributed by atoms with Gasteiger partial charge in [0.05, 0.1) is 12.1 Å². The van der Waals surface area contributed by atoms with E-state index in [1.54, 1.807) is 6.20 Å². The van der Waals surface area contributed by atoms with Gasteiger partial charge in [-0.25, -0.2) is 4.68 Å². The van der Waals surface area contributed by atoms with Crippen molar-refractivity contribution in [2.75, 3.05) is 13.1 Å². The third-order valence-corrected chi connectivity index (χ3v) is 4.61. The van der Waals surface area contributed by atoms with Crippen molar-refractivity contribution in [1.82, 2.24) is 14.7 Å². The number of carbonyl (C=O) groups is 1. The van der Waals surface area contributed by atoms with Gasteiger partial charge >= 0.3 is 0 Å². The van der Waals surface area contributed by atoms with Gasteiger partial charge in [0.1, 0.15) is 0 Å². The minimum Gasteiger partial charge on any atom is -0.342 e. The van der Waals surface area contributed by atoms with Gasteiger partial charge in [0.2, 0.25) is 5.91 Å². The average Bonchev–Trinajstić information content (AvgIpc) is 3.10. The van der Waals surface area contributed by atoms with Crippen LogP contribution in [0.1, 0.15) is 25.3 Å². The summed E-state index contributed by atoms with van der Waals surface area (Å²) in [6.07, 6.45) is 6.28. The molecular weight excluding hydrogens is 288 g/mol. The van der Waals surface area contributed by atoms with Gasteiger partial charge in [-0.3, -0.25) is 4.79 Å². The van der Waals surface area contributed by atoms with Crippen molar-refractivity contribution in [3.05, 3.63) is 48.3 Å². The van der Waals surface area contributed by atoms with Gasteiger partial charge < -0.3 is 10.6 Å². The molecule has 0 radical (unpaired) electrons. The highest BCUT2D eigenvalue weighted by Gasteiger charge is 2.25. The first-order valence-electron chi connectivity index (χ1n) is 8.26. The van der Waals surface area contributed by atoms with Gasteiger partial charge in [-0.05, 0) is 49.4 Å². The van der Waals surface area contributed by atoms with Gasteiger partial charge in [0.15, 0.2) is 0 Å². The zero-order valence-corrected chi connectivity index (χ0v) is 13.6. The summed E-state index contributed by atoms with van der Waals surface area (Å²) in [5, 5.41) is 4.20. The van der Waals surface area contributed by atoms with Gasteiger partial charge in [0, 0.05) is 31.5 Å². The Hall–Kier alpha value is -2.14. The van der Waals surface area contributed by atoms with Crippen LogP contribution in [0, 0.1) is 5.92 Å². The lowest BCUT2D eigenvalue weighted by molar-refractivity contribution is -0.132. The first-order chi connectivity index (χ1) is 11.1. The molecule has 0 spiro atoms. The number of carbonyl (C=O) groups excluding carboxylic acids is 1. The van der Waals surface area contributed by atoms with Crippen molar-refractivity contribution in [1.29, 1.82) is 0 Å². The Kier molecular flexibility index (Phi) is 4.76. The van der Waals surface area contributed by atoms with Crippen LogP contribution in [0.4, 0.5) is 0 Å². The fourth-order valence-corrected chi connectivity index (χ4v) is 3.14. The molecule has 1 amide bonds. The van der Waals surface area contributed by atoms with Crippen molar-refractivity contribution in [2.45, 2.75) is 32.2 Å². The Bertz CT molecular complexity index is 634. The number of aromatic nitrogens is 2. The van der Waals surface area contributed by atoms with E-state index in [2.05, 4.69) is 5.10 Å². The summed E-state index contributed by atoms with van der Waals surface area (Å²) in [6.45, 7) is 3.68. The Labute approximate surface area is 137 Å². The average molecular weight is 312 g/mol. The molecule has 2 aromatic rings. The fraction of sp³-hybridized carbons (Fsp3) is 0.444. The lowest BCUT2D eigenvalue weighted by Gasteiger charge is -2.34. The van der Waals surface area contributed by atoms with E-state index in [1.807, 2.05) is 53.0 Å². The van der Waals surface area contributed by atoms with E-state index in [4.69, 9.17) is 5.73 Å². The zero-order chi connectivity index (χ0) is 16.2. The lowest BCUT2D eigenvalue weighted by atomic mass is 9.92. The molecule has 1 aliphatic rings. The van der Waals surface area contributed by atoms with E-state index >= 15 is 0 Å². The highest BCUT2D eigenvalue weighted by atomic mass is 16.2. The molecule has 0 bridgehead atoms. The van der Waals surface area contributed by atoms with Crippen LogP contribution in [0.15, 0.2) is 42.7 Å². The first-order valence-corrected chi connectivity index (χ1v) is 8.26. The van der Waals surface area contributed by atoms with E-state index < -0.39 is 0 Å². The van der Waals surface area contributed by atoms with E-state index in [1.165, 1.54) is 0 Å². The van der Waals surface area contributed by atoms with E-state index in [0.29, 0.717) is 12.3 Å². The van der Waals surface area contributed by atoms with Crippen molar-refractivity contribution >= 4 is 5.91 Å². The SMILES string of the molecule is C[C@H](N)[C@H]1CCCN(C(=O)Cc2ccc(-n3cccn3)cc2)C1. The second-order valence-corrected chi connectivity index (χ2v) is 6.40. The number of nitrogens with two attached hydrogens (primary N) is 1. The Morgan fingerprint density at radius 3 is 2.83 bits per heavy atom. The quantitative estimate of drug-likeness (QED) is 0.939. The molecule has 1 aromatic carbocycles. The molecule has 2 heterocycles. The number of amides is 1. The molecule has 2 N–H and O–H groups in total. The number of piperidine rings is 1. The number of nitrogens with zero attached hydrogens (tertiary/aromatic N) is 3. The maximum Gasteiger partial charge on any atom is 0.226 e. The number of hydrogen-bond donors (Lipinski definition) is 1. The molecule has 0 saturated carbocycles. The molecule has 122 valence electrons. The summed E-state index contributed by atoms with van der Waals surface area (Å²) in [5.41, 5.74) is 8.04. The monoisotopic (exact) mass is 312 g/mol. The number of likely N-dealkylation sites (tertiary alicyclic amines) is 1. The summed E-state index contributed by atoms with van der Waals surface area (Å²) >= 11 is 0. The molecule has 0 aliphatic carbocycles. The van der Waals surface area contributed by atoms with Crippen LogP contribution in [-0.2, 0) is 11.2 Å². The molecule has 1 aliphatic heterocycles. The molecule has 1 saturated heterocycles. The van der Waals surface area contributed by atoms with Gasteiger partial charge in [-0.1, -0.05) is 12.1 Å². The van der Waals surface area contributed by atoms with E-state index in [0.717, 1.165) is 37.2 Å². The Morgan fingerprint density at radius 2 is 2.17 bits per heavy atom. The van der Waals surface area contributed by atoms with Gasteiger partial charge in [0.25, 0.3) is 0 Å². The molecule has 2 atom stereocenters. The van der Waals surface area contributed by atoms with Crippen molar-refractivity contribution in [3.8, 4) is 5.69 Å². The first kappa shape index (κ1) is 15.7. The topological polar surface area (TPSA) is 64.2 Å². The van der Waals surface area contributed by atoms with Crippen molar-refractivity contribution in [3.63, 3.8) is 0 Å². The highest BCUT2D eigenvalue weighted by Crippen LogP contribution is 2.20. The van der Waals surface area contributed by atoms with Gasteiger partial charge in [-0.15, -0.1) is 0 Å². The summed E-state index contributed by atoms with van der Waals surface area (Å²) in [4.78, 5) is 14.5. The van der Waals surface area contributed by atoms with Crippen molar-refractivity contribution < 1.29 is 4.79 Å². The van der Waals surface area contributed by atoms with Crippen LogP contribution in [0.5, 0.6) is 0 Å². The minimum atomic E-state index is 0.152. The summed E-state index contributed by atoms with van der Waals surface area (Å²) in [7, 11) is 0. The van der Waals surface area contributed by atoms with Crippen LogP contribution in [0.3, 0.4) is 0 Å². The Balaban J connectivity index is 1.61. The summed E-state index contributed by atoms with van der Waals surface area (Å²) in [5.74, 6) is 0.622. The predicted molar refractivity (Wildman–Crippen MR) is 90.2 cm³/mol. The summed E-state index contributed by atoms with van der Waals surface area (Å²) in [6, 6.07) is 10.0. The number of rotatable bonds is 4. The second kappa shape index (κ2) is 6.96. The van der Waals surface area contributed by atoms with Crippen LogP contribution < -0.4 is 5.73 Å². The number of benzene rings is 1. The van der Waals surface area contributed by atoms with E-state index in [-0.39, 0.29) is 11.9 Å². The van der Waals surface area contributed by atoms with Crippen LogP contribution in [0.2, 0.25) is 0 Å². The predicted octanol–water partition coefficient (Wildman–Crippen LogP) is 2.00. The van der Waals surface area contributed by atoms with Crippen LogP contribution in [-0.4, -0.2) is 39.7 Å². The summed E-state index contributed by atoms with van der Waals surface area (Å²) < 4.78 is 1.81. The second-order valence-electron chi connectivity index (χ2n) is 6.40. The minimum absolute atomic E-state index is 0.152. The maximum absolute atomic E-state index is 12.5. The molecule has 5 heteroatoms. The third kappa shape index (κ3) is 3.79. The lowest BCUT2D eigenvalue weighted by Crippen LogP contribution is -2.45. The maximum atomic E-state index is 12.5. The largest absolute Gasteiger partial charge is 0.342 e. The standard InChI is InChI=1S/C18H24N4O/c1-14(19)16-4-2-10-21(13-16)18(23)12-15-5-7-17(8-6-15)22-11-3-9-20-22/h3,5-9,11,14,16H,2,4,10,12-13,19H2,1H3/t14-,16-/m0/s1. The zero-order valence-electron chi connectivity index (χ0n) is 13.6. The van der Waals surface area contributed by atoms with Crippen LogP contribution in [0.25, 0.3) is 5.69 Å². The molecule has 1 fully saturated rings. The molecule has 1 aromatic heterocycles.